The van der Waals surface area contributed by atoms with E-state index in [1.807, 2.05) is 30.3 Å². The minimum absolute atomic E-state index is 1.75. The van der Waals surface area contributed by atoms with Gasteiger partial charge in [-0.15, -0.1) is 0 Å². The van der Waals surface area contributed by atoms with Crippen molar-refractivity contribution in [2.24, 2.45) is 0 Å². The van der Waals surface area contributed by atoms with Crippen LogP contribution in [0, 0.1) is 6.07 Å². The monoisotopic (exact) mass is 284 g/mol. The maximum Gasteiger partial charge on any atom is -0.171 e. The van der Waals surface area contributed by atoms with Crippen molar-refractivity contribution in [1.82, 2.24) is 0 Å². The van der Waals surface area contributed by atoms with Gasteiger partial charge < -0.3 is 0 Å². The van der Waals surface area contributed by atoms with Crippen molar-refractivity contribution in [3.05, 3.63) is 36.4 Å². The molecule has 0 nitrogen and oxygen atoms in total. The van der Waals surface area contributed by atoms with Crippen LogP contribution in [0.3, 0.4) is 0 Å². The van der Waals surface area contributed by atoms with Gasteiger partial charge in [0.1, 0.15) is 0 Å². The van der Waals surface area contributed by atoms with Gasteiger partial charge in [-0.2, -0.15) is 36.4 Å². The van der Waals surface area contributed by atoms with Crippen LogP contribution in [0.15, 0.2) is 30.3 Å². The molecule has 0 fully saturated rings. The van der Waals surface area contributed by atoms with Crippen molar-refractivity contribution >= 4 is 29.1 Å². The van der Waals surface area contributed by atoms with E-state index in [1.165, 1.54) is 0 Å². The average molecular weight is 285 g/mol. The second-order valence-electron chi connectivity index (χ2n) is 1.23. The van der Waals surface area contributed by atoms with Crippen LogP contribution < -0.4 is 0 Å². The Labute approximate surface area is 78.1 Å². The minimum Gasteiger partial charge on any atom is -0.184 e. The molecule has 4 heteroatoms. The minimum atomic E-state index is -1.75. The van der Waals surface area contributed by atoms with Crippen molar-refractivity contribution in [2.75, 3.05) is 0 Å². The molecule has 10 heavy (non-hydrogen) atoms. The number of benzene rings is 1. The fourth-order valence-electron chi connectivity index (χ4n) is 0.342. The molecule has 0 aliphatic heterocycles. The molecule has 0 aliphatic rings. The molecular weight excluding hydrogens is 279 g/mol. The zero-order chi connectivity index (χ0) is 7.82. The Balaban J connectivity index is 0.000000180. The first-order valence-electron chi connectivity index (χ1n) is 2.31. The summed E-state index contributed by atoms with van der Waals surface area (Å²) in [6.07, 6.45) is 0. The number of hydrogen-bond donors (Lipinski definition) is 0. The molecule has 0 amide bonds. The van der Waals surface area contributed by atoms with Crippen LogP contribution >= 0.6 is 29.1 Å². The van der Waals surface area contributed by atoms with Gasteiger partial charge in [-0.1, -0.05) is 0 Å². The van der Waals surface area contributed by atoms with Crippen molar-refractivity contribution in [3.8, 4) is 0 Å². The Morgan fingerprint density at radius 1 is 0.900 bits per heavy atom. The third-order valence-corrected chi connectivity index (χ3v) is 0.607. The third-order valence-electron chi connectivity index (χ3n) is 0.607. The molecule has 0 unspecified atom stereocenters. The van der Waals surface area contributed by atoms with Crippen LogP contribution in [0.5, 0.6) is 0 Å². The van der Waals surface area contributed by atoms with Gasteiger partial charge in [0.2, 0.25) is 0 Å². The predicted octanol–water partition coefficient (Wildman–Crippen LogP) is 3.55. The normalized spacial score (nSPS) is 9.30. The molecule has 0 aromatic heterocycles. The molecular formula is C6H5Cl3Ru-. The molecule has 0 saturated heterocycles. The van der Waals surface area contributed by atoms with Crippen LogP contribution in [0.4, 0.5) is 0 Å². The molecule has 59 valence electrons. The van der Waals surface area contributed by atoms with Gasteiger partial charge >= 0.3 is 42.1 Å². The smallest absolute Gasteiger partial charge is 0.171 e. The molecule has 0 spiro atoms. The van der Waals surface area contributed by atoms with Gasteiger partial charge in [0.15, 0.2) is 0 Å². The van der Waals surface area contributed by atoms with Gasteiger partial charge in [-0.05, 0) is 0 Å². The zero-order valence-electron chi connectivity index (χ0n) is 4.87. The van der Waals surface area contributed by atoms with E-state index in [0.29, 0.717) is 0 Å². The predicted molar refractivity (Wildman–Crippen MR) is 42.8 cm³/mol. The summed E-state index contributed by atoms with van der Waals surface area (Å²) in [5.74, 6) is 0. The SMILES string of the molecule is [Cl][Ru]([Cl])[Cl].[c-]1ccccc1. The Morgan fingerprint density at radius 2 is 1.30 bits per heavy atom. The van der Waals surface area contributed by atoms with Crippen molar-refractivity contribution in [2.45, 2.75) is 0 Å². The molecule has 0 atom stereocenters. The van der Waals surface area contributed by atoms with E-state index in [-0.39, 0.29) is 0 Å². The molecule has 0 aliphatic carbocycles. The van der Waals surface area contributed by atoms with Crippen LogP contribution in [0.2, 0.25) is 0 Å². The first-order chi connectivity index (χ1) is 4.73. The van der Waals surface area contributed by atoms with Crippen molar-refractivity contribution < 1.29 is 13.0 Å². The van der Waals surface area contributed by atoms with Crippen LogP contribution in [-0.4, -0.2) is 0 Å². The van der Waals surface area contributed by atoms with Gasteiger partial charge in [-0.3, -0.25) is 0 Å². The molecule has 0 heterocycles. The largest absolute Gasteiger partial charge is 0.184 e. The first kappa shape index (κ1) is 10.7. The van der Waals surface area contributed by atoms with Gasteiger partial charge in [0.25, 0.3) is 0 Å². The maximum absolute atomic E-state index is 4.95. The summed E-state index contributed by atoms with van der Waals surface area (Å²) >= 11 is -1.75. The number of hydrogen-bond acceptors (Lipinski definition) is 0. The molecule has 1 aromatic rings. The van der Waals surface area contributed by atoms with E-state index in [0.717, 1.165) is 0 Å². The maximum atomic E-state index is 4.95. The van der Waals surface area contributed by atoms with E-state index in [4.69, 9.17) is 29.1 Å². The summed E-state index contributed by atoms with van der Waals surface area (Å²) in [5, 5.41) is 0. The summed E-state index contributed by atoms with van der Waals surface area (Å²) in [5.41, 5.74) is 0. The van der Waals surface area contributed by atoms with Crippen molar-refractivity contribution in [1.29, 1.82) is 0 Å². The van der Waals surface area contributed by atoms with Gasteiger partial charge in [-0.25, -0.2) is 0 Å². The van der Waals surface area contributed by atoms with Crippen LogP contribution in [-0.2, 0) is 13.0 Å². The fourth-order valence-corrected chi connectivity index (χ4v) is 0.342. The molecule has 0 N–H and O–H groups in total. The fraction of sp³-hybridized carbons (Fsp3) is 0. The second kappa shape index (κ2) is 7.82. The Bertz CT molecular complexity index is 113. The van der Waals surface area contributed by atoms with E-state index in [1.54, 1.807) is 0 Å². The summed E-state index contributed by atoms with van der Waals surface area (Å²) < 4.78 is 0. The van der Waals surface area contributed by atoms with Crippen LogP contribution in [0.25, 0.3) is 0 Å². The number of rotatable bonds is 0. The number of halogens is 3. The zero-order valence-corrected chi connectivity index (χ0v) is 8.88. The van der Waals surface area contributed by atoms with E-state index < -0.39 is 13.0 Å². The van der Waals surface area contributed by atoms with Crippen molar-refractivity contribution in [3.63, 3.8) is 0 Å². The average Bonchev–Trinajstić information content (AvgIpc) is 1.90. The molecule has 0 radical (unpaired) electrons. The quantitative estimate of drug-likeness (QED) is 0.505. The summed E-state index contributed by atoms with van der Waals surface area (Å²) in [6.45, 7) is 0. The molecule has 1 aromatic carbocycles. The summed E-state index contributed by atoms with van der Waals surface area (Å²) in [7, 11) is 14.8. The molecule has 1 rings (SSSR count). The Hall–Kier alpha value is 0.713. The Kier molecular flexibility index (Phi) is 8.37. The van der Waals surface area contributed by atoms with Gasteiger partial charge in [0.05, 0.1) is 0 Å². The van der Waals surface area contributed by atoms with Gasteiger partial charge in [0, 0.05) is 0 Å². The third kappa shape index (κ3) is 11.5. The summed E-state index contributed by atoms with van der Waals surface area (Å²) in [6, 6.07) is 12.5. The van der Waals surface area contributed by atoms with E-state index in [2.05, 4.69) is 6.07 Å². The van der Waals surface area contributed by atoms with E-state index in [9.17, 15) is 0 Å². The molecule has 0 bridgehead atoms. The molecule has 0 saturated carbocycles. The van der Waals surface area contributed by atoms with Crippen LogP contribution in [0.1, 0.15) is 0 Å². The first-order valence-corrected chi connectivity index (χ1v) is 9.03. The van der Waals surface area contributed by atoms with E-state index >= 15 is 0 Å². The summed E-state index contributed by atoms with van der Waals surface area (Å²) in [4.78, 5) is 0. The second-order valence-corrected chi connectivity index (χ2v) is 9.15. The topological polar surface area (TPSA) is 0 Å². The standard InChI is InChI=1S/C6H5.3ClH.Ru/c1-2-4-6-5-3-1;;;;/h1-5H;3*1H;/q-1;;;;+3/p-3. The Morgan fingerprint density at radius 3 is 1.40 bits per heavy atom.